The van der Waals surface area contributed by atoms with E-state index in [0.29, 0.717) is 35.4 Å². The van der Waals surface area contributed by atoms with E-state index in [1.807, 2.05) is 6.08 Å². The van der Waals surface area contributed by atoms with E-state index >= 15 is 0 Å². The third kappa shape index (κ3) is 3.43. The van der Waals surface area contributed by atoms with Crippen molar-refractivity contribution in [2.24, 2.45) is 23.2 Å². The molecule has 1 aliphatic rings. The van der Waals surface area contributed by atoms with E-state index in [9.17, 15) is 4.79 Å². The zero-order valence-electron chi connectivity index (χ0n) is 12.0. The Bertz CT molecular complexity index is 275. The highest BCUT2D eigenvalue weighted by atomic mass is 16.1. The van der Waals surface area contributed by atoms with Gasteiger partial charge in [-0.05, 0) is 36.5 Å². The van der Waals surface area contributed by atoms with Crippen molar-refractivity contribution >= 4 is 5.78 Å². The first kappa shape index (κ1) is 14.5. The molecule has 1 heteroatoms. The molecule has 0 heterocycles. The third-order valence-electron chi connectivity index (χ3n) is 4.40. The van der Waals surface area contributed by atoms with Crippen LogP contribution >= 0.6 is 0 Å². The molecule has 1 nitrogen and oxygen atoms in total. The van der Waals surface area contributed by atoms with Gasteiger partial charge in [-0.25, -0.2) is 0 Å². The first-order valence-electron chi connectivity index (χ1n) is 7.03. The average Bonchev–Trinajstić information content (AvgIpc) is 2.23. The maximum atomic E-state index is 12.3. The molecule has 0 aliphatic heterocycles. The molecule has 0 N–H and O–H groups in total. The zero-order chi connectivity index (χ0) is 13.1. The molecule has 0 radical (unpaired) electrons. The lowest BCUT2D eigenvalue weighted by Gasteiger charge is -2.46. The van der Waals surface area contributed by atoms with Crippen LogP contribution in [0.4, 0.5) is 0 Å². The van der Waals surface area contributed by atoms with Crippen molar-refractivity contribution < 1.29 is 4.79 Å². The molecule has 0 amide bonds. The molecular formula is C16H28O. The molecule has 0 aromatic carbocycles. The molecular weight excluding hydrogens is 208 g/mol. The van der Waals surface area contributed by atoms with Crippen LogP contribution in [0.2, 0.25) is 0 Å². The molecule has 1 rings (SSSR count). The fourth-order valence-corrected chi connectivity index (χ4v) is 3.83. The molecule has 0 aromatic rings. The highest BCUT2D eigenvalue weighted by molar-refractivity contribution is 5.81. The van der Waals surface area contributed by atoms with Crippen molar-refractivity contribution in [1.29, 1.82) is 0 Å². The van der Waals surface area contributed by atoms with Crippen molar-refractivity contribution in [1.82, 2.24) is 0 Å². The summed E-state index contributed by atoms with van der Waals surface area (Å²) in [6, 6.07) is 0. The molecule has 98 valence electrons. The minimum atomic E-state index is 0.290. The Kier molecular flexibility index (Phi) is 4.97. The molecule has 2 atom stereocenters. The van der Waals surface area contributed by atoms with E-state index in [1.54, 1.807) is 0 Å². The highest BCUT2D eigenvalue weighted by Gasteiger charge is 2.42. The van der Waals surface area contributed by atoms with E-state index in [4.69, 9.17) is 0 Å². The first-order chi connectivity index (χ1) is 7.90. The minimum absolute atomic E-state index is 0.290. The smallest absolute Gasteiger partial charge is 0.136 e. The summed E-state index contributed by atoms with van der Waals surface area (Å²) in [5, 5.41) is 0. The Labute approximate surface area is 107 Å². The van der Waals surface area contributed by atoms with Gasteiger partial charge in [0.15, 0.2) is 0 Å². The van der Waals surface area contributed by atoms with Gasteiger partial charge in [-0.1, -0.05) is 40.2 Å². The summed E-state index contributed by atoms with van der Waals surface area (Å²) in [6.07, 6.45) is 6.95. The van der Waals surface area contributed by atoms with Crippen LogP contribution in [0.1, 0.15) is 59.8 Å². The van der Waals surface area contributed by atoms with Crippen LogP contribution in [0.25, 0.3) is 0 Å². The van der Waals surface area contributed by atoms with Crippen LogP contribution in [0, 0.1) is 23.2 Å². The van der Waals surface area contributed by atoms with E-state index in [2.05, 4.69) is 34.3 Å². The number of rotatable bonds is 5. The minimum Gasteiger partial charge on any atom is -0.299 e. The number of Topliss-reactive ketones (excluding diaryl/α,β-unsaturated/α-hetero) is 1. The van der Waals surface area contributed by atoms with Gasteiger partial charge in [0.2, 0.25) is 0 Å². The maximum Gasteiger partial charge on any atom is 0.136 e. The Balaban J connectivity index is 2.80. The van der Waals surface area contributed by atoms with Crippen molar-refractivity contribution in [2.45, 2.75) is 59.8 Å². The molecule has 1 fully saturated rings. The van der Waals surface area contributed by atoms with Gasteiger partial charge in [-0.2, -0.15) is 0 Å². The van der Waals surface area contributed by atoms with Gasteiger partial charge >= 0.3 is 0 Å². The lowest BCUT2D eigenvalue weighted by atomic mass is 9.58. The van der Waals surface area contributed by atoms with E-state index < -0.39 is 0 Å². The number of hydrogen-bond acceptors (Lipinski definition) is 1. The van der Waals surface area contributed by atoms with Crippen LogP contribution < -0.4 is 0 Å². The molecule has 1 saturated carbocycles. The normalized spacial score (nSPS) is 28.1. The fourth-order valence-electron chi connectivity index (χ4n) is 3.83. The second-order valence-corrected chi connectivity index (χ2v) is 6.55. The zero-order valence-corrected chi connectivity index (χ0v) is 12.0. The molecule has 0 bridgehead atoms. The number of hydrogen-bond donors (Lipinski definition) is 0. The lowest BCUT2D eigenvalue weighted by molar-refractivity contribution is -0.129. The second-order valence-electron chi connectivity index (χ2n) is 6.55. The van der Waals surface area contributed by atoms with Crippen LogP contribution in [-0.4, -0.2) is 5.78 Å². The molecule has 0 aromatic heterocycles. The molecule has 0 saturated heterocycles. The van der Waals surface area contributed by atoms with Gasteiger partial charge in [0, 0.05) is 12.3 Å². The monoisotopic (exact) mass is 236 g/mol. The summed E-state index contributed by atoms with van der Waals surface area (Å²) in [4.78, 5) is 12.3. The summed E-state index contributed by atoms with van der Waals surface area (Å²) >= 11 is 0. The molecule has 2 unspecified atom stereocenters. The average molecular weight is 236 g/mol. The largest absolute Gasteiger partial charge is 0.299 e. The lowest BCUT2D eigenvalue weighted by Crippen LogP contribution is -2.41. The van der Waals surface area contributed by atoms with Gasteiger partial charge in [0.05, 0.1) is 0 Å². The molecule has 17 heavy (non-hydrogen) atoms. The van der Waals surface area contributed by atoms with E-state index in [0.717, 1.165) is 12.8 Å². The van der Waals surface area contributed by atoms with Gasteiger partial charge in [0.1, 0.15) is 5.78 Å². The standard InChI is InChI=1S/C16H28O/c1-6-7-10-14(17)13-9-8-11-16(4,5)15(13)12(2)3/h6,12-13,15H,1,7-11H2,2-5H3. The second kappa shape index (κ2) is 5.84. The predicted molar refractivity (Wildman–Crippen MR) is 73.9 cm³/mol. The van der Waals surface area contributed by atoms with Crippen LogP contribution in [-0.2, 0) is 4.79 Å². The SMILES string of the molecule is C=CCCC(=O)C1CCCC(C)(C)C1C(C)C. The Hall–Kier alpha value is -0.590. The number of carbonyl (C=O) groups is 1. The summed E-state index contributed by atoms with van der Waals surface area (Å²) in [7, 11) is 0. The number of ketones is 1. The van der Waals surface area contributed by atoms with Crippen LogP contribution in [0.15, 0.2) is 12.7 Å². The van der Waals surface area contributed by atoms with Crippen molar-refractivity contribution in [3.05, 3.63) is 12.7 Å². The summed E-state index contributed by atoms with van der Waals surface area (Å²) < 4.78 is 0. The van der Waals surface area contributed by atoms with Gasteiger partial charge < -0.3 is 0 Å². The van der Waals surface area contributed by atoms with Crippen molar-refractivity contribution in [3.63, 3.8) is 0 Å². The predicted octanol–water partition coefficient (Wildman–Crippen LogP) is 4.62. The van der Waals surface area contributed by atoms with Crippen LogP contribution in [0.5, 0.6) is 0 Å². The molecule has 0 spiro atoms. The Morgan fingerprint density at radius 1 is 1.47 bits per heavy atom. The molecule has 1 aliphatic carbocycles. The Morgan fingerprint density at radius 3 is 2.65 bits per heavy atom. The van der Waals surface area contributed by atoms with Crippen molar-refractivity contribution in [2.75, 3.05) is 0 Å². The summed E-state index contributed by atoms with van der Waals surface area (Å²) in [5.74, 6) is 1.91. The summed E-state index contributed by atoms with van der Waals surface area (Å²) in [6.45, 7) is 12.9. The summed E-state index contributed by atoms with van der Waals surface area (Å²) in [5.41, 5.74) is 0.320. The number of allylic oxidation sites excluding steroid dienone is 1. The number of carbonyl (C=O) groups excluding carboxylic acids is 1. The topological polar surface area (TPSA) is 17.1 Å². The fraction of sp³-hybridized carbons (Fsp3) is 0.812. The van der Waals surface area contributed by atoms with Gasteiger partial charge in [0.25, 0.3) is 0 Å². The van der Waals surface area contributed by atoms with Crippen molar-refractivity contribution in [3.8, 4) is 0 Å². The van der Waals surface area contributed by atoms with Gasteiger partial charge in [-0.3, -0.25) is 4.79 Å². The van der Waals surface area contributed by atoms with E-state index in [1.165, 1.54) is 12.8 Å². The van der Waals surface area contributed by atoms with Gasteiger partial charge in [-0.15, -0.1) is 6.58 Å². The third-order valence-corrected chi connectivity index (χ3v) is 4.40. The quantitative estimate of drug-likeness (QED) is 0.637. The van der Waals surface area contributed by atoms with E-state index in [-0.39, 0.29) is 0 Å². The Morgan fingerprint density at radius 2 is 2.12 bits per heavy atom. The van der Waals surface area contributed by atoms with Crippen LogP contribution in [0.3, 0.4) is 0 Å². The first-order valence-corrected chi connectivity index (χ1v) is 7.03. The highest BCUT2D eigenvalue weighted by Crippen LogP contribution is 2.48. The maximum absolute atomic E-state index is 12.3.